The first kappa shape index (κ1) is 22.3. The lowest BCUT2D eigenvalue weighted by molar-refractivity contribution is -0.118. The number of nitriles is 1. The van der Waals surface area contributed by atoms with E-state index in [0.717, 1.165) is 16.7 Å². The Morgan fingerprint density at radius 1 is 1.19 bits per heavy atom. The average Bonchev–Trinajstić information content (AvgIpc) is 2.68. The molecule has 0 aromatic heterocycles. The summed E-state index contributed by atoms with van der Waals surface area (Å²) in [5, 5.41) is 10.1. The van der Waals surface area contributed by atoms with Crippen LogP contribution in [0.2, 0.25) is 0 Å². The number of carbonyl (C=O) groups is 1. The number of carbonyl (C=O) groups excluding carboxylic acids is 1. The van der Waals surface area contributed by atoms with Crippen molar-refractivity contribution in [3.8, 4) is 6.07 Å². The fourth-order valence-electron chi connectivity index (χ4n) is 4.91. The molecule has 2 aromatic carbocycles. The summed E-state index contributed by atoms with van der Waals surface area (Å²) in [6.07, 6.45) is 0.910. The van der Waals surface area contributed by atoms with Crippen molar-refractivity contribution in [2.75, 3.05) is 4.90 Å². The van der Waals surface area contributed by atoms with Crippen molar-refractivity contribution in [1.82, 2.24) is 0 Å². The van der Waals surface area contributed by atoms with E-state index in [1.807, 2.05) is 45.9 Å². The number of aryl methyl sites for hydroxylation is 2. The highest BCUT2D eigenvalue weighted by atomic mass is 79.9. The van der Waals surface area contributed by atoms with E-state index in [1.165, 1.54) is 6.07 Å². The Hall–Kier alpha value is -2.91. The molecule has 4 nitrogen and oxygen atoms in total. The van der Waals surface area contributed by atoms with Gasteiger partial charge in [-0.05, 0) is 55.0 Å². The van der Waals surface area contributed by atoms with Gasteiger partial charge in [-0.3, -0.25) is 9.69 Å². The number of Topliss-reactive ketones (excluding diaryl/α,β-unsaturated/α-hetero) is 1. The maximum Gasteiger partial charge on any atom is 0.162 e. The molecular formula is C26H25BrFN3O. The SMILES string of the molecule is Cc1ccc(C2C(C#N)=C(N)N(c3ccc(Br)cc3F)C3=C2C(=O)CC(C)(C)C3)c(C)c1. The van der Waals surface area contributed by atoms with Gasteiger partial charge in [0.1, 0.15) is 11.6 Å². The van der Waals surface area contributed by atoms with E-state index in [0.29, 0.717) is 28.6 Å². The molecule has 1 atom stereocenters. The molecule has 0 amide bonds. The molecule has 0 saturated heterocycles. The van der Waals surface area contributed by atoms with Crippen molar-refractivity contribution in [1.29, 1.82) is 5.26 Å². The van der Waals surface area contributed by atoms with Crippen molar-refractivity contribution in [2.45, 2.75) is 46.5 Å². The third-order valence-electron chi connectivity index (χ3n) is 6.27. The van der Waals surface area contributed by atoms with Crippen LogP contribution in [0.15, 0.2) is 63.5 Å². The summed E-state index contributed by atoms with van der Waals surface area (Å²) in [4.78, 5) is 15.1. The zero-order valence-corrected chi connectivity index (χ0v) is 20.2. The van der Waals surface area contributed by atoms with Gasteiger partial charge in [-0.25, -0.2) is 4.39 Å². The van der Waals surface area contributed by atoms with Crippen LogP contribution in [0, 0.1) is 36.4 Å². The van der Waals surface area contributed by atoms with Gasteiger partial charge in [0.25, 0.3) is 0 Å². The van der Waals surface area contributed by atoms with Crippen LogP contribution in [0.25, 0.3) is 0 Å². The molecule has 0 fully saturated rings. The van der Waals surface area contributed by atoms with Crippen molar-refractivity contribution < 1.29 is 9.18 Å². The predicted molar refractivity (Wildman–Crippen MR) is 127 cm³/mol. The molecule has 1 aliphatic heterocycles. The highest BCUT2D eigenvalue weighted by Crippen LogP contribution is 2.51. The van der Waals surface area contributed by atoms with Crippen LogP contribution in [-0.4, -0.2) is 5.78 Å². The van der Waals surface area contributed by atoms with Gasteiger partial charge in [0.2, 0.25) is 0 Å². The van der Waals surface area contributed by atoms with Gasteiger partial charge in [-0.2, -0.15) is 5.26 Å². The maximum absolute atomic E-state index is 15.1. The summed E-state index contributed by atoms with van der Waals surface area (Å²) in [6.45, 7) is 8.03. The van der Waals surface area contributed by atoms with Crippen molar-refractivity contribution in [3.63, 3.8) is 0 Å². The molecule has 4 rings (SSSR count). The van der Waals surface area contributed by atoms with E-state index in [2.05, 4.69) is 22.0 Å². The molecule has 2 aromatic rings. The lowest BCUT2D eigenvalue weighted by Gasteiger charge is -2.44. The summed E-state index contributed by atoms with van der Waals surface area (Å²) in [5.74, 6) is -0.895. The van der Waals surface area contributed by atoms with E-state index in [4.69, 9.17) is 5.73 Å². The van der Waals surface area contributed by atoms with E-state index < -0.39 is 11.7 Å². The van der Waals surface area contributed by atoms with Gasteiger partial charge in [-0.15, -0.1) is 0 Å². The van der Waals surface area contributed by atoms with Crippen LogP contribution in [0.1, 0.15) is 49.3 Å². The van der Waals surface area contributed by atoms with Gasteiger partial charge in [0.05, 0.1) is 23.2 Å². The zero-order valence-electron chi connectivity index (χ0n) is 18.6. The molecule has 0 spiro atoms. The van der Waals surface area contributed by atoms with Gasteiger partial charge >= 0.3 is 0 Å². The van der Waals surface area contributed by atoms with Crippen molar-refractivity contribution in [2.24, 2.45) is 11.1 Å². The smallest absolute Gasteiger partial charge is 0.162 e. The first-order chi connectivity index (χ1) is 15.0. The van der Waals surface area contributed by atoms with Crippen LogP contribution in [0.4, 0.5) is 10.1 Å². The quantitative estimate of drug-likeness (QED) is 0.544. The Bertz CT molecular complexity index is 1250. The van der Waals surface area contributed by atoms with Gasteiger partial charge < -0.3 is 5.73 Å². The monoisotopic (exact) mass is 493 g/mol. The number of halogens is 2. The minimum atomic E-state index is -0.561. The van der Waals surface area contributed by atoms with Gasteiger partial charge in [-0.1, -0.05) is 53.5 Å². The predicted octanol–water partition coefficient (Wildman–Crippen LogP) is 6.15. The van der Waals surface area contributed by atoms with Crippen molar-refractivity contribution in [3.05, 3.63) is 86.0 Å². The fraction of sp³-hybridized carbons (Fsp3) is 0.308. The topological polar surface area (TPSA) is 70.1 Å². The average molecular weight is 494 g/mol. The molecule has 0 radical (unpaired) electrons. The molecule has 164 valence electrons. The maximum atomic E-state index is 15.1. The van der Waals surface area contributed by atoms with Crippen molar-refractivity contribution >= 4 is 27.4 Å². The molecule has 1 aliphatic carbocycles. The minimum Gasteiger partial charge on any atom is -0.384 e. The molecule has 1 unspecified atom stereocenters. The number of benzene rings is 2. The molecule has 6 heteroatoms. The number of anilines is 1. The van der Waals surface area contributed by atoms with E-state index >= 15 is 4.39 Å². The lowest BCUT2D eigenvalue weighted by atomic mass is 9.68. The Kier molecular flexibility index (Phi) is 5.50. The molecule has 2 aliphatic rings. The number of rotatable bonds is 2. The van der Waals surface area contributed by atoms with Crippen LogP contribution in [0.3, 0.4) is 0 Å². The standard InChI is InChI=1S/C26H25BrFN3O/c1-14-5-7-17(15(2)9-14)23-18(13-29)25(30)31(20-8-6-16(27)10-19(20)28)21-11-26(3,4)12-22(32)24(21)23/h5-10,23H,11-12,30H2,1-4H3. The summed E-state index contributed by atoms with van der Waals surface area (Å²) in [6, 6.07) is 12.9. The normalized spacial score (nSPS) is 20.3. The van der Waals surface area contributed by atoms with E-state index in [1.54, 1.807) is 17.0 Å². The molecule has 2 N–H and O–H groups in total. The zero-order chi connectivity index (χ0) is 23.4. The lowest BCUT2D eigenvalue weighted by Crippen LogP contribution is -2.42. The summed E-state index contributed by atoms with van der Waals surface area (Å²) in [5.41, 5.74) is 11.0. The Morgan fingerprint density at radius 3 is 2.53 bits per heavy atom. The van der Waals surface area contributed by atoms with Gasteiger partial charge in [0.15, 0.2) is 5.78 Å². The highest BCUT2D eigenvalue weighted by Gasteiger charge is 2.45. The number of nitrogens with zero attached hydrogens (tertiary/aromatic N) is 2. The van der Waals surface area contributed by atoms with Crippen LogP contribution in [-0.2, 0) is 4.79 Å². The minimum absolute atomic E-state index is 0.0241. The number of allylic oxidation sites excluding steroid dienone is 3. The third kappa shape index (κ3) is 3.65. The van der Waals surface area contributed by atoms with Crippen LogP contribution >= 0.6 is 15.9 Å². The number of nitrogens with two attached hydrogens (primary N) is 1. The first-order valence-corrected chi connectivity index (χ1v) is 11.3. The van der Waals surface area contributed by atoms with Gasteiger partial charge in [0, 0.05) is 22.2 Å². The second-order valence-corrected chi connectivity index (χ2v) is 10.4. The second kappa shape index (κ2) is 7.90. The Labute approximate surface area is 196 Å². The fourth-order valence-corrected chi connectivity index (χ4v) is 5.24. The first-order valence-electron chi connectivity index (χ1n) is 10.5. The van der Waals surface area contributed by atoms with Crippen LogP contribution in [0.5, 0.6) is 0 Å². The Balaban J connectivity index is 2.04. The van der Waals surface area contributed by atoms with E-state index in [9.17, 15) is 10.1 Å². The summed E-state index contributed by atoms with van der Waals surface area (Å²) >= 11 is 3.29. The molecule has 32 heavy (non-hydrogen) atoms. The second-order valence-electron chi connectivity index (χ2n) is 9.44. The molecule has 1 heterocycles. The molecule has 0 bridgehead atoms. The number of hydrogen-bond acceptors (Lipinski definition) is 4. The third-order valence-corrected chi connectivity index (χ3v) is 6.76. The highest BCUT2D eigenvalue weighted by molar-refractivity contribution is 9.10. The number of hydrogen-bond donors (Lipinski definition) is 1. The number of ketones is 1. The largest absolute Gasteiger partial charge is 0.384 e. The molecule has 0 saturated carbocycles. The van der Waals surface area contributed by atoms with E-state index in [-0.39, 0.29) is 28.3 Å². The van der Waals surface area contributed by atoms with Crippen LogP contribution < -0.4 is 10.6 Å². The Morgan fingerprint density at radius 2 is 1.91 bits per heavy atom. The summed E-state index contributed by atoms with van der Waals surface area (Å²) < 4.78 is 15.7. The summed E-state index contributed by atoms with van der Waals surface area (Å²) in [7, 11) is 0. The molecular weight excluding hydrogens is 469 g/mol.